The summed E-state index contributed by atoms with van der Waals surface area (Å²) in [6.45, 7) is 19.1. The van der Waals surface area contributed by atoms with Gasteiger partial charge in [0.25, 0.3) is 5.91 Å². The number of hydrazine groups is 1. The zero-order chi connectivity index (χ0) is 47.7. The molecule has 66 heavy (non-hydrogen) atoms. The number of rotatable bonds is 10. The van der Waals surface area contributed by atoms with E-state index in [-0.39, 0.29) is 37.3 Å². The molecule has 2 fully saturated rings. The Kier molecular flexibility index (Phi) is 14.2. The van der Waals surface area contributed by atoms with Crippen molar-refractivity contribution in [3.8, 4) is 22.4 Å². The Morgan fingerprint density at radius 2 is 1.83 bits per heavy atom. The number of aryl methyl sites for hydroxylation is 1. The normalized spacial score (nSPS) is 21.5. The summed E-state index contributed by atoms with van der Waals surface area (Å²) in [5.41, 5.74) is 8.60. The van der Waals surface area contributed by atoms with Crippen LogP contribution in [-0.4, -0.2) is 110 Å². The molecule has 0 saturated carbocycles. The number of hydrogen-bond acceptors (Lipinski definition) is 9. The van der Waals surface area contributed by atoms with E-state index >= 15 is 0 Å². The second kappa shape index (κ2) is 19.5. The molecule has 2 aromatic carbocycles. The molecule has 5 atom stereocenters. The van der Waals surface area contributed by atoms with E-state index in [0.29, 0.717) is 57.4 Å². The molecular weight excluding hydrogens is 835 g/mol. The van der Waals surface area contributed by atoms with E-state index in [1.54, 1.807) is 25.1 Å². The highest BCUT2D eigenvalue weighted by Crippen LogP contribution is 2.43. The lowest BCUT2D eigenvalue weighted by Gasteiger charge is -2.37. The fourth-order valence-electron chi connectivity index (χ4n) is 10.0. The standard InChI is InChI=1S/C52H67N7O7/c1-10-43(60)57-25-22-36(30-57)48(62)56(9)44(32(4)5)47(61)54-41-27-33-16-13-17-34(26-33)35-20-21-42-38(28-35)39(45(58(42)12-3)37-18-14-23-53-46(37)52(8,65)11-2)29-51(6,7)31-66-50(64)40-19-15-24-59(55-40)49(41)63/h10,13-14,16-18,20-21,23,26,28,32,36,40-41,44,55,65H,1,11-12,15,19,22,24-25,27,29-31H2,2-9H3,(H,54,61)/t36?,40-,41-,44-,52?/m0/s1. The number of nitrogens with zero attached hydrogens (tertiary/aromatic N) is 5. The number of carbonyl (C=O) groups is 5. The van der Waals surface area contributed by atoms with Gasteiger partial charge in [0, 0.05) is 67.7 Å². The van der Waals surface area contributed by atoms with Gasteiger partial charge in [0.1, 0.15) is 23.7 Å². The van der Waals surface area contributed by atoms with Crippen LogP contribution in [0.4, 0.5) is 0 Å². The number of fused-ring (bicyclic) bond motifs is 6. The highest BCUT2D eigenvalue weighted by molar-refractivity contribution is 5.96. The topological polar surface area (TPSA) is 166 Å². The summed E-state index contributed by atoms with van der Waals surface area (Å²) in [5, 5.41) is 17.2. The van der Waals surface area contributed by atoms with Crippen LogP contribution < -0.4 is 10.7 Å². The third-order valence-corrected chi connectivity index (χ3v) is 13.7. The summed E-state index contributed by atoms with van der Waals surface area (Å²) < 4.78 is 8.40. The first-order valence-corrected chi connectivity index (χ1v) is 23.5. The SMILES string of the molecule is C=CC(=O)N1CCC(C(=O)N(C)[C@H](C(=O)N[C@H]2Cc3cccc(c3)-c3ccc4c(c3)c(c(-c3cccnc3C(C)(O)CC)n4CC)CC(C)(C)COC(=O)[C@@H]3CCCN(N3)C2=O)C(C)C)C1. The average Bonchev–Trinajstić information content (AvgIpc) is 3.92. The van der Waals surface area contributed by atoms with Crippen LogP contribution >= 0.6 is 0 Å². The van der Waals surface area contributed by atoms with E-state index in [2.05, 4.69) is 60.9 Å². The van der Waals surface area contributed by atoms with Gasteiger partial charge in [-0.2, -0.15) is 0 Å². The number of likely N-dealkylation sites (tertiary alicyclic amines) is 1. The molecule has 6 bridgehead atoms. The molecule has 3 aliphatic rings. The quantitative estimate of drug-likeness (QED) is 0.125. The van der Waals surface area contributed by atoms with Crippen molar-refractivity contribution in [3.63, 3.8) is 0 Å². The molecule has 4 amide bonds. The lowest BCUT2D eigenvalue weighted by molar-refractivity contribution is -0.155. The smallest absolute Gasteiger partial charge is 0.324 e. The number of pyridine rings is 1. The summed E-state index contributed by atoms with van der Waals surface area (Å²) in [4.78, 5) is 77.2. The maximum absolute atomic E-state index is 14.7. The third-order valence-electron chi connectivity index (χ3n) is 13.7. The van der Waals surface area contributed by atoms with Crippen molar-refractivity contribution in [2.75, 3.05) is 33.3 Å². The average molecular weight is 902 g/mol. The van der Waals surface area contributed by atoms with Crippen molar-refractivity contribution >= 4 is 40.5 Å². The minimum Gasteiger partial charge on any atom is -0.464 e. The lowest BCUT2D eigenvalue weighted by Crippen LogP contribution is -2.62. The molecule has 2 aromatic heterocycles. The Morgan fingerprint density at radius 3 is 2.55 bits per heavy atom. The minimum absolute atomic E-state index is 0.107. The van der Waals surface area contributed by atoms with Gasteiger partial charge in [-0.15, -0.1) is 0 Å². The Labute approximate surface area is 388 Å². The van der Waals surface area contributed by atoms with E-state index in [9.17, 15) is 29.1 Å². The van der Waals surface area contributed by atoms with Gasteiger partial charge in [-0.3, -0.25) is 34.0 Å². The number of likely N-dealkylation sites (N-methyl/N-ethyl adjacent to an activating group) is 1. The first-order valence-electron chi connectivity index (χ1n) is 23.5. The molecule has 14 heteroatoms. The number of benzene rings is 2. The molecule has 3 aliphatic heterocycles. The van der Waals surface area contributed by atoms with E-state index < -0.39 is 52.8 Å². The molecule has 4 aromatic rings. The van der Waals surface area contributed by atoms with Crippen molar-refractivity contribution in [3.05, 3.63) is 90.3 Å². The van der Waals surface area contributed by atoms with Crippen molar-refractivity contribution < 1.29 is 33.8 Å². The van der Waals surface area contributed by atoms with E-state index in [1.165, 1.54) is 16.0 Å². The fraction of sp³-hybridized carbons (Fsp3) is 0.500. The molecule has 0 radical (unpaired) electrons. The van der Waals surface area contributed by atoms with Crippen molar-refractivity contribution in [1.29, 1.82) is 0 Å². The number of amides is 4. The molecule has 2 saturated heterocycles. The van der Waals surface area contributed by atoms with Gasteiger partial charge in [0.05, 0.1) is 23.9 Å². The fourth-order valence-corrected chi connectivity index (χ4v) is 10.0. The van der Waals surface area contributed by atoms with Gasteiger partial charge in [-0.1, -0.05) is 71.5 Å². The molecule has 7 rings (SSSR count). The molecular formula is C52H67N7O7. The van der Waals surface area contributed by atoms with Crippen LogP contribution in [0.1, 0.15) is 91.0 Å². The third kappa shape index (κ3) is 9.81. The number of cyclic esters (lactones) is 1. The zero-order valence-corrected chi connectivity index (χ0v) is 39.9. The van der Waals surface area contributed by atoms with Gasteiger partial charge in [-0.05, 0) is 104 Å². The van der Waals surface area contributed by atoms with Gasteiger partial charge >= 0.3 is 5.97 Å². The summed E-state index contributed by atoms with van der Waals surface area (Å²) in [5.74, 6) is -2.62. The highest BCUT2D eigenvalue weighted by Gasteiger charge is 2.40. The Hall–Kier alpha value is -5.86. The number of aromatic nitrogens is 2. The van der Waals surface area contributed by atoms with Crippen LogP contribution in [0.5, 0.6) is 0 Å². The predicted molar refractivity (Wildman–Crippen MR) is 254 cm³/mol. The zero-order valence-electron chi connectivity index (χ0n) is 39.9. The molecule has 0 aliphatic carbocycles. The number of hydrogen-bond donors (Lipinski definition) is 3. The van der Waals surface area contributed by atoms with Gasteiger partial charge in [-0.25, -0.2) is 5.43 Å². The van der Waals surface area contributed by atoms with Crippen LogP contribution in [-0.2, 0) is 53.7 Å². The first-order chi connectivity index (χ1) is 31.4. The lowest BCUT2D eigenvalue weighted by atomic mass is 9.83. The molecule has 352 valence electrons. The second-order valence-electron chi connectivity index (χ2n) is 19.7. The molecule has 3 N–H and O–H groups in total. The Balaban J connectivity index is 1.30. The number of carbonyl (C=O) groups excluding carboxylic acids is 5. The molecule has 14 nitrogen and oxygen atoms in total. The first kappa shape index (κ1) is 48.1. The minimum atomic E-state index is -1.18. The number of esters is 1. The van der Waals surface area contributed by atoms with Crippen molar-refractivity contribution in [2.24, 2.45) is 17.3 Å². The highest BCUT2D eigenvalue weighted by atomic mass is 16.5. The van der Waals surface area contributed by atoms with Crippen LogP contribution in [0, 0.1) is 17.3 Å². The number of aliphatic hydroxyl groups is 1. The molecule has 5 heterocycles. The number of ether oxygens (including phenoxy) is 1. The van der Waals surface area contributed by atoms with Crippen LogP contribution in [0.2, 0.25) is 0 Å². The number of nitrogens with one attached hydrogen (secondary N) is 2. The van der Waals surface area contributed by atoms with Gasteiger partial charge < -0.3 is 29.5 Å². The van der Waals surface area contributed by atoms with E-state index in [0.717, 1.165) is 44.4 Å². The van der Waals surface area contributed by atoms with Crippen LogP contribution in [0.15, 0.2) is 73.4 Å². The molecule has 2 unspecified atom stereocenters. The Morgan fingerprint density at radius 1 is 1.08 bits per heavy atom. The summed E-state index contributed by atoms with van der Waals surface area (Å²) >= 11 is 0. The van der Waals surface area contributed by atoms with Crippen molar-refractivity contribution in [2.45, 2.75) is 117 Å². The van der Waals surface area contributed by atoms with Gasteiger partial charge in [0.2, 0.25) is 17.7 Å². The summed E-state index contributed by atoms with van der Waals surface area (Å²) in [6.07, 6.45) is 5.57. The monoisotopic (exact) mass is 902 g/mol. The molecule has 0 spiro atoms. The van der Waals surface area contributed by atoms with E-state index in [4.69, 9.17) is 9.72 Å². The Bertz CT molecular complexity index is 2510. The largest absolute Gasteiger partial charge is 0.464 e. The van der Waals surface area contributed by atoms with Crippen LogP contribution in [0.3, 0.4) is 0 Å². The predicted octanol–water partition coefficient (Wildman–Crippen LogP) is 6.17. The van der Waals surface area contributed by atoms with E-state index in [1.807, 2.05) is 57.2 Å². The van der Waals surface area contributed by atoms with Gasteiger partial charge in [0.15, 0.2) is 0 Å². The second-order valence-corrected chi connectivity index (χ2v) is 19.7. The maximum Gasteiger partial charge on any atom is 0.324 e. The maximum atomic E-state index is 14.7. The van der Waals surface area contributed by atoms with Crippen molar-refractivity contribution in [1.82, 2.24) is 35.1 Å². The summed E-state index contributed by atoms with van der Waals surface area (Å²) in [7, 11) is 1.60. The summed E-state index contributed by atoms with van der Waals surface area (Å²) in [6, 6.07) is 15.6. The van der Waals surface area contributed by atoms with Crippen LogP contribution in [0.25, 0.3) is 33.3 Å².